The van der Waals surface area contributed by atoms with Gasteiger partial charge in [-0.15, -0.1) is 0 Å². The molecule has 1 aromatic rings. The quantitative estimate of drug-likeness (QED) is 0.0458. The number of nitro benzene ring substituents is 2. The molecule has 0 radical (unpaired) electrons. The summed E-state index contributed by atoms with van der Waals surface area (Å²) < 4.78 is 37.9. The van der Waals surface area contributed by atoms with Crippen LogP contribution in [-0.2, 0) is 23.8 Å². The summed E-state index contributed by atoms with van der Waals surface area (Å²) in [5, 5.41) is 64.8. The van der Waals surface area contributed by atoms with E-state index < -0.39 is 86.7 Å². The Hall–Kier alpha value is -2.56. The molecular weight excluding hydrogens is 632 g/mol. The zero-order chi connectivity index (χ0) is 30.2. The van der Waals surface area contributed by atoms with Crippen LogP contribution in [0.25, 0.3) is 0 Å². The molecule has 5 atom stereocenters. The molecule has 0 aromatic heterocycles. The highest BCUT2D eigenvalue weighted by atomic mass is 79.9. The molecule has 2 rings (SSSR count). The van der Waals surface area contributed by atoms with Crippen LogP contribution in [0.2, 0.25) is 0 Å². The average molecular weight is 661 g/mol. The summed E-state index contributed by atoms with van der Waals surface area (Å²) in [5.74, 6) is -0.984. The maximum atomic E-state index is 13.1. The van der Waals surface area contributed by atoms with E-state index in [1.54, 1.807) is 0 Å². The second-order valence-electron chi connectivity index (χ2n) is 8.40. The minimum atomic E-state index is -3.85. The summed E-state index contributed by atoms with van der Waals surface area (Å²) in [7, 11) is -3.85. The van der Waals surface area contributed by atoms with E-state index in [-0.39, 0.29) is 37.3 Å². The smallest absolute Gasteiger partial charge is 0.300 e. The third kappa shape index (κ3) is 8.97. The molecule has 0 bridgehead atoms. The Labute approximate surface area is 236 Å². The van der Waals surface area contributed by atoms with Crippen molar-refractivity contribution in [1.82, 2.24) is 5.32 Å². The fourth-order valence-corrected chi connectivity index (χ4v) is 4.54. The second-order valence-corrected chi connectivity index (χ2v) is 10.8. The monoisotopic (exact) mass is 660 g/mol. The van der Waals surface area contributed by atoms with Crippen molar-refractivity contribution in [2.75, 3.05) is 55.9 Å². The van der Waals surface area contributed by atoms with Gasteiger partial charge in [0.2, 0.25) is 0 Å². The zero-order valence-electron chi connectivity index (χ0n) is 21.0. The summed E-state index contributed by atoms with van der Waals surface area (Å²) in [6, 6.07) is 1.50. The average Bonchev–Trinajstić information content (AvgIpc) is 2.88. The van der Waals surface area contributed by atoms with Gasteiger partial charge in [0.15, 0.2) is 6.29 Å². The highest BCUT2D eigenvalue weighted by molar-refractivity contribution is 9.09. The van der Waals surface area contributed by atoms with E-state index in [9.17, 15) is 53.9 Å². The van der Waals surface area contributed by atoms with Crippen molar-refractivity contribution in [2.24, 2.45) is 0 Å². The Bertz CT molecular complexity index is 1170. The number of aliphatic hydroxyl groups excluding tert-OH is 4. The number of hydrogen-bond acceptors (Lipinski definition) is 15. The minimum Gasteiger partial charge on any atom is -0.394 e. The van der Waals surface area contributed by atoms with Crippen LogP contribution in [-0.4, -0.2) is 126 Å². The third-order valence-corrected chi connectivity index (χ3v) is 6.52. The predicted molar refractivity (Wildman–Crippen MR) is 139 cm³/mol. The summed E-state index contributed by atoms with van der Waals surface area (Å²) in [6.07, 6.45) is -6.88. The van der Waals surface area contributed by atoms with Crippen LogP contribution in [0.5, 0.6) is 0 Å². The number of halogens is 1. The van der Waals surface area contributed by atoms with E-state index in [1.807, 2.05) is 0 Å². The number of benzene rings is 1. The molecule has 0 spiro atoms. The van der Waals surface area contributed by atoms with Crippen LogP contribution >= 0.6 is 15.9 Å². The van der Waals surface area contributed by atoms with Crippen molar-refractivity contribution in [3.05, 3.63) is 37.9 Å². The number of nitrogens with one attached hydrogen (secondary N) is 1. The van der Waals surface area contributed by atoms with E-state index in [0.717, 1.165) is 12.3 Å². The molecule has 226 valence electrons. The van der Waals surface area contributed by atoms with Crippen molar-refractivity contribution in [2.45, 2.75) is 30.7 Å². The lowest BCUT2D eigenvalue weighted by atomic mass is 9.99. The molecular formula is C20H29BrN4O14S. The fraction of sp³-hybridized carbons (Fsp3) is 0.650. The van der Waals surface area contributed by atoms with Gasteiger partial charge in [0.05, 0.1) is 47.6 Å². The fourth-order valence-electron chi connectivity index (χ4n) is 3.73. The number of anilines is 1. The number of amides is 1. The van der Waals surface area contributed by atoms with Gasteiger partial charge in [0.1, 0.15) is 30.1 Å². The molecule has 1 saturated heterocycles. The molecule has 1 aromatic carbocycles. The Morgan fingerprint density at radius 1 is 1.12 bits per heavy atom. The maximum Gasteiger partial charge on any atom is 0.300 e. The Balaban J connectivity index is 2.28. The van der Waals surface area contributed by atoms with E-state index in [0.29, 0.717) is 6.07 Å². The van der Waals surface area contributed by atoms with E-state index >= 15 is 0 Å². The van der Waals surface area contributed by atoms with Crippen molar-refractivity contribution < 1.29 is 57.1 Å². The number of rotatable bonds is 15. The zero-order valence-corrected chi connectivity index (χ0v) is 23.4. The molecule has 40 heavy (non-hydrogen) atoms. The van der Waals surface area contributed by atoms with Crippen molar-refractivity contribution in [1.29, 1.82) is 0 Å². The first-order chi connectivity index (χ1) is 18.7. The van der Waals surface area contributed by atoms with Crippen LogP contribution in [0.15, 0.2) is 12.1 Å². The number of carbonyl (C=O) groups excluding carboxylic acids is 1. The molecule has 1 amide bonds. The summed E-state index contributed by atoms with van der Waals surface area (Å²) in [5.41, 5.74) is -2.31. The number of aliphatic hydroxyl groups is 4. The standard InChI is InChI=1S/C20H29BrN4O14S/c1-40(35,36)38-7-5-23(4-2-21)15-12(8-11(24(31)32)9-13(15)25(33)34)19(30)22-3-6-37-20-18(29)17(28)16(27)14(10-26)39-20/h8-9,14,16-18,20,26-29H,2-7,10H2,1H3,(H,22,30). The number of alkyl halides is 1. The number of nitrogens with zero attached hydrogens (tertiary/aromatic N) is 3. The number of ether oxygens (including phenoxy) is 2. The van der Waals surface area contributed by atoms with Crippen LogP contribution < -0.4 is 10.2 Å². The van der Waals surface area contributed by atoms with Crippen molar-refractivity contribution in [3.8, 4) is 0 Å². The normalized spacial score (nSPS) is 23.0. The summed E-state index contributed by atoms with van der Waals surface area (Å²) >= 11 is 3.17. The summed E-state index contributed by atoms with van der Waals surface area (Å²) in [4.78, 5) is 35.8. The topological polar surface area (TPSA) is 261 Å². The highest BCUT2D eigenvalue weighted by Crippen LogP contribution is 2.36. The Morgan fingerprint density at radius 2 is 1.80 bits per heavy atom. The predicted octanol–water partition coefficient (Wildman–Crippen LogP) is -1.77. The molecule has 20 heteroatoms. The van der Waals surface area contributed by atoms with Gasteiger partial charge in [-0.2, -0.15) is 8.42 Å². The van der Waals surface area contributed by atoms with Gasteiger partial charge in [-0.25, -0.2) is 0 Å². The first-order valence-corrected chi connectivity index (χ1v) is 14.5. The Kier molecular flexibility index (Phi) is 12.5. The first-order valence-electron chi connectivity index (χ1n) is 11.5. The molecule has 18 nitrogen and oxygen atoms in total. The molecule has 0 aliphatic carbocycles. The SMILES string of the molecule is CS(=O)(=O)OCCN(CCBr)c1c(C(=O)NCCOC2OC(CO)C(O)C(O)C2O)cc([N+](=O)[O-])cc1[N+](=O)[O-]. The number of hydrogen-bond donors (Lipinski definition) is 5. The van der Waals surface area contributed by atoms with E-state index in [2.05, 4.69) is 21.2 Å². The minimum absolute atomic E-state index is 0.0201. The molecule has 0 saturated carbocycles. The van der Waals surface area contributed by atoms with Gasteiger partial charge in [-0.05, 0) is 0 Å². The van der Waals surface area contributed by atoms with Crippen LogP contribution in [0.3, 0.4) is 0 Å². The van der Waals surface area contributed by atoms with Crippen LogP contribution in [0.4, 0.5) is 17.1 Å². The molecule has 1 heterocycles. The van der Waals surface area contributed by atoms with E-state index in [1.165, 1.54) is 4.90 Å². The van der Waals surface area contributed by atoms with Gasteiger partial charge in [0, 0.05) is 31.0 Å². The lowest BCUT2D eigenvalue weighted by Gasteiger charge is -2.39. The van der Waals surface area contributed by atoms with Gasteiger partial charge in [-0.1, -0.05) is 15.9 Å². The van der Waals surface area contributed by atoms with Gasteiger partial charge < -0.3 is 40.1 Å². The van der Waals surface area contributed by atoms with Gasteiger partial charge >= 0.3 is 0 Å². The highest BCUT2D eigenvalue weighted by Gasteiger charge is 2.44. The van der Waals surface area contributed by atoms with Crippen molar-refractivity contribution in [3.63, 3.8) is 0 Å². The first kappa shape index (κ1) is 33.6. The van der Waals surface area contributed by atoms with Crippen LogP contribution in [0.1, 0.15) is 10.4 Å². The lowest BCUT2D eigenvalue weighted by Crippen LogP contribution is -2.59. The summed E-state index contributed by atoms with van der Waals surface area (Å²) in [6.45, 7) is -2.00. The molecule has 5 N–H and O–H groups in total. The maximum absolute atomic E-state index is 13.1. The third-order valence-electron chi connectivity index (χ3n) is 5.57. The van der Waals surface area contributed by atoms with Crippen molar-refractivity contribution >= 4 is 49.0 Å². The molecule has 1 aliphatic rings. The lowest BCUT2D eigenvalue weighted by molar-refractivity contribution is -0.393. The number of non-ortho nitro benzene ring substituents is 1. The molecule has 1 fully saturated rings. The number of nitro groups is 2. The largest absolute Gasteiger partial charge is 0.394 e. The van der Waals surface area contributed by atoms with Gasteiger partial charge in [-0.3, -0.25) is 29.2 Å². The second kappa shape index (κ2) is 14.9. The van der Waals surface area contributed by atoms with Gasteiger partial charge in [0.25, 0.3) is 27.4 Å². The Morgan fingerprint density at radius 3 is 2.35 bits per heavy atom. The molecule has 5 unspecified atom stereocenters. The van der Waals surface area contributed by atoms with E-state index in [4.69, 9.17) is 13.7 Å². The van der Waals surface area contributed by atoms with Crippen LogP contribution in [0, 0.1) is 20.2 Å². The number of carbonyl (C=O) groups is 1. The molecule has 1 aliphatic heterocycles.